The van der Waals surface area contributed by atoms with Crippen molar-refractivity contribution in [2.75, 3.05) is 0 Å². The summed E-state index contributed by atoms with van der Waals surface area (Å²) in [6, 6.07) is 11.0. The monoisotopic (exact) mass is 400 g/mol. The van der Waals surface area contributed by atoms with Crippen molar-refractivity contribution in [3.8, 4) is 28.5 Å². The van der Waals surface area contributed by atoms with Gasteiger partial charge < -0.3 is 9.47 Å². The fourth-order valence-electron chi connectivity index (χ4n) is 3.46. The highest BCUT2D eigenvalue weighted by molar-refractivity contribution is 5.66. The van der Waals surface area contributed by atoms with Crippen molar-refractivity contribution in [1.82, 2.24) is 9.97 Å². The van der Waals surface area contributed by atoms with E-state index in [1.54, 1.807) is 12.3 Å². The van der Waals surface area contributed by atoms with Gasteiger partial charge in [0.2, 0.25) is 5.88 Å². The highest BCUT2D eigenvalue weighted by Gasteiger charge is 2.31. The summed E-state index contributed by atoms with van der Waals surface area (Å²) in [4.78, 5) is 9.09. The first-order valence-corrected chi connectivity index (χ1v) is 9.37. The molecular weight excluding hydrogens is 381 g/mol. The van der Waals surface area contributed by atoms with Gasteiger partial charge in [-0.1, -0.05) is 0 Å². The predicted molar refractivity (Wildman–Crippen MR) is 102 cm³/mol. The van der Waals surface area contributed by atoms with Crippen molar-refractivity contribution in [2.24, 2.45) is 0 Å². The number of hydrogen-bond acceptors (Lipinski definition) is 4. The van der Waals surface area contributed by atoms with E-state index in [1.165, 1.54) is 48.4 Å². The molecule has 1 aliphatic carbocycles. The second-order valence-corrected chi connectivity index (χ2v) is 6.94. The molecule has 150 valence electrons. The standard InChI is InChI=1S/C22H19F3N2O2/c1-14-19(12-15-4-2-3-5-20(15)27-14)16-6-11-21(26-13-16)28-17-7-9-18(10-8-17)29-22(23,24)25/h6-13H,2-5H2,1H3. The fourth-order valence-corrected chi connectivity index (χ4v) is 3.46. The number of alkyl halides is 3. The molecule has 1 aromatic carbocycles. The Bertz CT molecular complexity index is 1000. The van der Waals surface area contributed by atoms with Gasteiger partial charge >= 0.3 is 6.36 Å². The SMILES string of the molecule is Cc1nc2c(cc1-c1ccc(Oc3ccc(OC(F)(F)F)cc3)nc1)CCCC2. The molecular formula is C22H19F3N2O2. The predicted octanol–water partition coefficient (Wildman–Crippen LogP) is 6.02. The molecule has 1 aliphatic rings. The summed E-state index contributed by atoms with van der Waals surface area (Å²) in [6.45, 7) is 2.00. The number of aryl methyl sites for hydroxylation is 3. The molecule has 7 heteroatoms. The van der Waals surface area contributed by atoms with Crippen LogP contribution in [0.3, 0.4) is 0 Å². The molecule has 0 atom stereocenters. The van der Waals surface area contributed by atoms with Crippen LogP contribution in [-0.4, -0.2) is 16.3 Å². The van der Waals surface area contributed by atoms with E-state index in [0.29, 0.717) is 11.6 Å². The van der Waals surface area contributed by atoms with Gasteiger partial charge in [-0.3, -0.25) is 4.98 Å². The van der Waals surface area contributed by atoms with Crippen LogP contribution in [-0.2, 0) is 12.8 Å². The molecule has 2 aromatic heterocycles. The van der Waals surface area contributed by atoms with Crippen LogP contribution < -0.4 is 9.47 Å². The molecule has 0 saturated carbocycles. The molecule has 0 radical (unpaired) electrons. The highest BCUT2D eigenvalue weighted by Crippen LogP contribution is 2.30. The number of halogens is 3. The van der Waals surface area contributed by atoms with E-state index in [4.69, 9.17) is 9.72 Å². The maximum Gasteiger partial charge on any atom is 0.573 e. The van der Waals surface area contributed by atoms with Crippen LogP contribution in [0.25, 0.3) is 11.1 Å². The Hall–Kier alpha value is -3.09. The lowest BCUT2D eigenvalue weighted by atomic mass is 9.92. The van der Waals surface area contributed by atoms with Crippen LogP contribution in [0.15, 0.2) is 48.7 Å². The fraction of sp³-hybridized carbons (Fsp3) is 0.273. The molecule has 4 nitrogen and oxygen atoms in total. The normalized spacial score (nSPS) is 13.7. The zero-order valence-corrected chi connectivity index (χ0v) is 15.8. The molecule has 0 N–H and O–H groups in total. The van der Waals surface area contributed by atoms with Crippen molar-refractivity contribution in [3.63, 3.8) is 0 Å². The van der Waals surface area contributed by atoms with Gasteiger partial charge in [0.05, 0.1) is 0 Å². The van der Waals surface area contributed by atoms with Crippen molar-refractivity contribution >= 4 is 0 Å². The summed E-state index contributed by atoms with van der Waals surface area (Å²) in [7, 11) is 0. The molecule has 0 aliphatic heterocycles. The van der Waals surface area contributed by atoms with E-state index in [2.05, 4.69) is 15.8 Å². The van der Waals surface area contributed by atoms with Crippen LogP contribution in [0.4, 0.5) is 13.2 Å². The smallest absolute Gasteiger partial charge is 0.439 e. The average Bonchev–Trinajstić information content (AvgIpc) is 2.69. The third-order valence-electron chi connectivity index (χ3n) is 4.82. The lowest BCUT2D eigenvalue weighted by Gasteiger charge is -2.17. The summed E-state index contributed by atoms with van der Waals surface area (Å²) >= 11 is 0. The van der Waals surface area contributed by atoms with E-state index in [0.717, 1.165) is 29.7 Å². The Morgan fingerprint density at radius 1 is 0.931 bits per heavy atom. The van der Waals surface area contributed by atoms with Crippen LogP contribution in [0.2, 0.25) is 0 Å². The minimum Gasteiger partial charge on any atom is -0.439 e. The molecule has 29 heavy (non-hydrogen) atoms. The van der Waals surface area contributed by atoms with Gasteiger partial charge in [0.15, 0.2) is 0 Å². The number of aromatic nitrogens is 2. The van der Waals surface area contributed by atoms with Gasteiger partial charge in [-0.2, -0.15) is 0 Å². The molecule has 2 heterocycles. The highest BCUT2D eigenvalue weighted by atomic mass is 19.4. The number of hydrogen-bond donors (Lipinski definition) is 0. The van der Waals surface area contributed by atoms with E-state index < -0.39 is 6.36 Å². The van der Waals surface area contributed by atoms with Crippen molar-refractivity contribution in [1.29, 1.82) is 0 Å². The summed E-state index contributed by atoms with van der Waals surface area (Å²) < 4.78 is 46.1. The number of nitrogens with zero attached hydrogens (tertiary/aromatic N) is 2. The lowest BCUT2D eigenvalue weighted by Crippen LogP contribution is -2.16. The van der Waals surface area contributed by atoms with Gasteiger partial charge in [0.1, 0.15) is 11.5 Å². The second kappa shape index (κ2) is 7.73. The first kappa shape index (κ1) is 19.2. The van der Waals surface area contributed by atoms with E-state index in [1.807, 2.05) is 13.0 Å². The van der Waals surface area contributed by atoms with Gasteiger partial charge in [0.25, 0.3) is 0 Å². The van der Waals surface area contributed by atoms with Crippen molar-refractivity contribution in [3.05, 3.63) is 65.6 Å². The largest absolute Gasteiger partial charge is 0.573 e. The Balaban J connectivity index is 1.48. The molecule has 4 rings (SSSR count). The summed E-state index contributed by atoms with van der Waals surface area (Å²) in [5, 5.41) is 0. The van der Waals surface area contributed by atoms with Crippen molar-refractivity contribution < 1.29 is 22.6 Å². The minimum absolute atomic E-state index is 0.302. The number of pyridine rings is 2. The molecule has 0 spiro atoms. The summed E-state index contributed by atoms with van der Waals surface area (Å²) in [5.74, 6) is 0.414. The zero-order chi connectivity index (χ0) is 20.4. The van der Waals surface area contributed by atoms with Crippen LogP contribution in [0, 0.1) is 6.92 Å². The zero-order valence-electron chi connectivity index (χ0n) is 15.8. The molecule has 0 amide bonds. The maximum absolute atomic E-state index is 12.2. The molecule has 0 saturated heterocycles. The molecule has 3 aromatic rings. The van der Waals surface area contributed by atoms with Crippen LogP contribution in [0.5, 0.6) is 17.4 Å². The molecule has 0 unspecified atom stereocenters. The lowest BCUT2D eigenvalue weighted by molar-refractivity contribution is -0.274. The molecule has 0 bridgehead atoms. The van der Waals surface area contributed by atoms with Gasteiger partial charge in [0, 0.05) is 34.8 Å². The summed E-state index contributed by atoms with van der Waals surface area (Å²) in [6.07, 6.45) is 1.47. The quantitative estimate of drug-likeness (QED) is 0.537. The van der Waals surface area contributed by atoms with Gasteiger partial charge in [-0.05, 0) is 74.6 Å². The maximum atomic E-state index is 12.2. The topological polar surface area (TPSA) is 44.2 Å². The average molecular weight is 400 g/mol. The third kappa shape index (κ3) is 4.67. The van der Waals surface area contributed by atoms with E-state index in [9.17, 15) is 13.2 Å². The van der Waals surface area contributed by atoms with Crippen LogP contribution in [0.1, 0.15) is 29.8 Å². The first-order valence-electron chi connectivity index (χ1n) is 9.37. The van der Waals surface area contributed by atoms with Crippen LogP contribution >= 0.6 is 0 Å². The summed E-state index contributed by atoms with van der Waals surface area (Å²) in [5.41, 5.74) is 5.48. The number of benzene rings is 1. The Labute approximate surface area is 166 Å². The Morgan fingerprint density at radius 3 is 2.34 bits per heavy atom. The van der Waals surface area contributed by atoms with E-state index in [-0.39, 0.29) is 5.75 Å². The van der Waals surface area contributed by atoms with E-state index >= 15 is 0 Å². The van der Waals surface area contributed by atoms with Crippen molar-refractivity contribution in [2.45, 2.75) is 39.0 Å². The Morgan fingerprint density at radius 2 is 1.66 bits per heavy atom. The van der Waals surface area contributed by atoms with Gasteiger partial charge in [-0.25, -0.2) is 4.98 Å². The number of fused-ring (bicyclic) bond motifs is 1. The minimum atomic E-state index is -4.72. The second-order valence-electron chi connectivity index (χ2n) is 6.94. The first-order chi connectivity index (χ1) is 13.9. The number of ether oxygens (including phenoxy) is 2. The van der Waals surface area contributed by atoms with Gasteiger partial charge in [-0.15, -0.1) is 13.2 Å². The molecule has 0 fully saturated rings. The Kier molecular flexibility index (Phi) is 5.13. The number of rotatable bonds is 4. The third-order valence-corrected chi connectivity index (χ3v) is 4.82.